The first-order valence-corrected chi connectivity index (χ1v) is 5.59. The topological polar surface area (TPSA) is 44.0 Å². The summed E-state index contributed by atoms with van der Waals surface area (Å²) in [5.41, 5.74) is 1.15. The van der Waals surface area contributed by atoms with Crippen molar-refractivity contribution < 1.29 is 0 Å². The van der Waals surface area contributed by atoms with Crippen LogP contribution in [0.15, 0.2) is 12.3 Å². The normalized spacial score (nSPS) is 10.8. The molecule has 0 spiro atoms. The van der Waals surface area contributed by atoms with Crippen molar-refractivity contribution in [1.82, 2.24) is 20.4 Å². The van der Waals surface area contributed by atoms with Gasteiger partial charge < -0.3 is 10.2 Å². The first-order chi connectivity index (χ1) is 7.20. The fourth-order valence-corrected chi connectivity index (χ4v) is 1.32. The third-order valence-corrected chi connectivity index (χ3v) is 2.62. The Morgan fingerprint density at radius 2 is 2.25 bits per heavy atom. The van der Waals surface area contributed by atoms with Crippen LogP contribution in [0.25, 0.3) is 0 Å². The highest BCUT2D eigenvalue weighted by Gasteiger charge is 2.01. The summed E-state index contributed by atoms with van der Waals surface area (Å²) in [7, 11) is 2.17. The maximum Gasteiger partial charge on any atom is 0.0490 e. The number of nitrogens with zero attached hydrogens (tertiary/aromatic N) is 2. The molecule has 0 radical (unpaired) electrons. The van der Waals surface area contributed by atoms with Crippen molar-refractivity contribution in [2.45, 2.75) is 32.9 Å². The van der Waals surface area contributed by atoms with E-state index in [0.717, 1.165) is 25.3 Å². The molecule has 0 saturated carbocycles. The predicted octanol–water partition coefficient (Wildman–Crippen LogP) is 1.65. The number of H-pyrrole nitrogens is 1. The summed E-state index contributed by atoms with van der Waals surface area (Å²) in [4.78, 5) is 2.36. The number of nitrogens with one attached hydrogen (secondary N) is 2. The Balaban J connectivity index is 0.00000225. The highest BCUT2D eigenvalue weighted by Crippen LogP contribution is 1.95. The van der Waals surface area contributed by atoms with Crippen LogP contribution < -0.4 is 5.32 Å². The highest BCUT2D eigenvalue weighted by atomic mass is 35.5. The van der Waals surface area contributed by atoms with Crippen molar-refractivity contribution in [3.8, 4) is 0 Å². The van der Waals surface area contributed by atoms with E-state index in [4.69, 9.17) is 0 Å². The Labute approximate surface area is 104 Å². The molecule has 4 nitrogen and oxygen atoms in total. The standard InChI is InChI=1S/C11H22N4.ClH/c1-10(2)15(3)8-4-6-12-9-11-5-7-13-14-11;/h5,7,10,12H,4,6,8-9H2,1-3H3,(H,13,14);1H. The monoisotopic (exact) mass is 246 g/mol. The first-order valence-electron chi connectivity index (χ1n) is 5.59. The van der Waals surface area contributed by atoms with Gasteiger partial charge in [0.05, 0.1) is 0 Å². The minimum atomic E-state index is 0. The van der Waals surface area contributed by atoms with Crippen LogP contribution in [0.3, 0.4) is 0 Å². The SMILES string of the molecule is CC(C)N(C)CCCNCc1ccn[nH]1.Cl. The fourth-order valence-electron chi connectivity index (χ4n) is 1.32. The van der Waals surface area contributed by atoms with Crippen molar-refractivity contribution in [2.75, 3.05) is 20.1 Å². The molecule has 94 valence electrons. The van der Waals surface area contributed by atoms with E-state index in [1.165, 1.54) is 6.42 Å². The Morgan fingerprint density at radius 1 is 1.50 bits per heavy atom. The van der Waals surface area contributed by atoms with E-state index in [0.29, 0.717) is 6.04 Å². The Bertz CT molecular complexity index is 248. The van der Waals surface area contributed by atoms with Gasteiger partial charge in [0, 0.05) is 24.5 Å². The van der Waals surface area contributed by atoms with Crippen molar-refractivity contribution in [3.63, 3.8) is 0 Å². The zero-order valence-electron chi connectivity index (χ0n) is 10.4. The van der Waals surface area contributed by atoms with Crippen molar-refractivity contribution in [3.05, 3.63) is 18.0 Å². The number of rotatable bonds is 7. The Kier molecular flexibility index (Phi) is 8.25. The highest BCUT2D eigenvalue weighted by molar-refractivity contribution is 5.85. The largest absolute Gasteiger partial charge is 0.311 e. The summed E-state index contributed by atoms with van der Waals surface area (Å²) in [5, 5.41) is 10.2. The lowest BCUT2D eigenvalue weighted by molar-refractivity contribution is 0.269. The van der Waals surface area contributed by atoms with Gasteiger partial charge in [-0.15, -0.1) is 12.4 Å². The van der Waals surface area contributed by atoms with Crippen LogP contribution in [0.1, 0.15) is 26.0 Å². The smallest absolute Gasteiger partial charge is 0.0490 e. The van der Waals surface area contributed by atoms with Crippen molar-refractivity contribution in [2.24, 2.45) is 0 Å². The van der Waals surface area contributed by atoms with Gasteiger partial charge in [-0.1, -0.05) is 0 Å². The van der Waals surface area contributed by atoms with Gasteiger partial charge in [0.15, 0.2) is 0 Å². The second-order valence-corrected chi connectivity index (χ2v) is 4.19. The fraction of sp³-hybridized carbons (Fsp3) is 0.727. The molecule has 0 aromatic carbocycles. The quantitative estimate of drug-likeness (QED) is 0.720. The minimum Gasteiger partial charge on any atom is -0.311 e. The lowest BCUT2D eigenvalue weighted by Gasteiger charge is -2.20. The van der Waals surface area contributed by atoms with E-state index in [-0.39, 0.29) is 12.4 Å². The van der Waals surface area contributed by atoms with E-state index >= 15 is 0 Å². The molecule has 5 heteroatoms. The van der Waals surface area contributed by atoms with Crippen molar-refractivity contribution in [1.29, 1.82) is 0 Å². The molecule has 0 saturated heterocycles. The molecule has 0 aliphatic heterocycles. The number of aromatic amines is 1. The molecule has 0 unspecified atom stereocenters. The summed E-state index contributed by atoms with van der Waals surface area (Å²) in [5.74, 6) is 0. The van der Waals surface area contributed by atoms with Gasteiger partial charge in [0.1, 0.15) is 0 Å². The lowest BCUT2D eigenvalue weighted by Crippen LogP contribution is -2.29. The molecule has 0 aliphatic carbocycles. The van der Waals surface area contributed by atoms with E-state index < -0.39 is 0 Å². The van der Waals surface area contributed by atoms with Crippen molar-refractivity contribution >= 4 is 12.4 Å². The van der Waals surface area contributed by atoms with Gasteiger partial charge in [-0.05, 0) is 46.5 Å². The van der Waals surface area contributed by atoms with Crippen LogP contribution in [-0.4, -0.2) is 41.3 Å². The number of hydrogen-bond acceptors (Lipinski definition) is 3. The molecule has 1 heterocycles. The van der Waals surface area contributed by atoms with Crippen LogP contribution in [0.4, 0.5) is 0 Å². The van der Waals surface area contributed by atoms with Crippen LogP contribution in [0.2, 0.25) is 0 Å². The summed E-state index contributed by atoms with van der Waals surface area (Å²) >= 11 is 0. The van der Waals surface area contributed by atoms with Gasteiger partial charge in [-0.2, -0.15) is 5.10 Å². The molecule has 0 fully saturated rings. The van der Waals surface area contributed by atoms with Gasteiger partial charge in [0.2, 0.25) is 0 Å². The number of aromatic nitrogens is 2. The molecular formula is C11H23ClN4. The summed E-state index contributed by atoms with van der Waals surface area (Å²) in [6, 6.07) is 2.63. The molecule has 0 atom stereocenters. The van der Waals surface area contributed by atoms with E-state index in [1.54, 1.807) is 6.20 Å². The average Bonchev–Trinajstić information content (AvgIpc) is 2.69. The molecule has 0 aliphatic rings. The average molecular weight is 247 g/mol. The molecule has 16 heavy (non-hydrogen) atoms. The zero-order valence-corrected chi connectivity index (χ0v) is 11.2. The molecule has 1 aromatic rings. The van der Waals surface area contributed by atoms with Gasteiger partial charge in [0.25, 0.3) is 0 Å². The van der Waals surface area contributed by atoms with Crippen LogP contribution in [0.5, 0.6) is 0 Å². The molecular weight excluding hydrogens is 224 g/mol. The maximum absolute atomic E-state index is 3.90. The molecule has 2 N–H and O–H groups in total. The first kappa shape index (κ1) is 15.4. The summed E-state index contributed by atoms with van der Waals surface area (Å²) < 4.78 is 0. The summed E-state index contributed by atoms with van der Waals surface area (Å²) in [6.45, 7) is 7.52. The van der Waals surface area contributed by atoms with E-state index in [9.17, 15) is 0 Å². The zero-order chi connectivity index (χ0) is 11.1. The molecule has 0 bridgehead atoms. The Hall–Kier alpha value is -0.580. The van der Waals surface area contributed by atoms with Crippen LogP contribution >= 0.6 is 12.4 Å². The number of hydrogen-bond donors (Lipinski definition) is 2. The minimum absolute atomic E-state index is 0. The lowest BCUT2D eigenvalue weighted by atomic mass is 10.3. The molecule has 1 rings (SSSR count). The predicted molar refractivity (Wildman–Crippen MR) is 69.9 cm³/mol. The molecule has 0 amide bonds. The van der Waals surface area contributed by atoms with Crippen LogP contribution in [0, 0.1) is 0 Å². The third kappa shape index (κ3) is 6.10. The third-order valence-electron chi connectivity index (χ3n) is 2.62. The number of halogens is 1. The van der Waals surface area contributed by atoms with E-state index in [1.807, 2.05) is 6.07 Å². The summed E-state index contributed by atoms with van der Waals surface area (Å²) in [6.07, 6.45) is 2.96. The van der Waals surface area contributed by atoms with Gasteiger partial charge in [-0.25, -0.2) is 0 Å². The van der Waals surface area contributed by atoms with Gasteiger partial charge in [-0.3, -0.25) is 5.10 Å². The maximum atomic E-state index is 3.90. The van der Waals surface area contributed by atoms with Crippen LogP contribution in [-0.2, 0) is 6.54 Å². The molecule has 1 aromatic heterocycles. The second-order valence-electron chi connectivity index (χ2n) is 4.19. The second kappa shape index (κ2) is 8.56. The Morgan fingerprint density at radius 3 is 2.81 bits per heavy atom. The van der Waals surface area contributed by atoms with E-state index in [2.05, 4.69) is 41.3 Å². The van der Waals surface area contributed by atoms with Gasteiger partial charge >= 0.3 is 0 Å².